The summed E-state index contributed by atoms with van der Waals surface area (Å²) in [7, 11) is 0. The first-order chi connectivity index (χ1) is 7.66. The van der Waals surface area contributed by atoms with E-state index in [1.807, 2.05) is 0 Å². The van der Waals surface area contributed by atoms with Gasteiger partial charge in [-0.15, -0.1) is 0 Å². The van der Waals surface area contributed by atoms with Crippen LogP contribution in [0.25, 0.3) is 0 Å². The molecule has 0 unspecified atom stereocenters. The third kappa shape index (κ3) is 2.58. The molecule has 1 heterocycles. The topological polar surface area (TPSA) is 42.9 Å². The number of carbonyl (C=O) groups is 1. The Labute approximate surface area is 106 Å². The minimum atomic E-state index is -0.113. The van der Waals surface area contributed by atoms with Gasteiger partial charge in [-0.05, 0) is 23.8 Å². The van der Waals surface area contributed by atoms with Crippen LogP contribution in [0.5, 0.6) is 0 Å². The van der Waals surface area contributed by atoms with Gasteiger partial charge in [0.15, 0.2) is 5.78 Å². The Morgan fingerprint density at radius 3 is 2.88 bits per heavy atom. The minimum Gasteiger partial charge on any atom is -0.292 e. The molecule has 0 bridgehead atoms. The van der Waals surface area contributed by atoms with Crippen molar-refractivity contribution in [2.75, 3.05) is 0 Å². The summed E-state index contributed by atoms with van der Waals surface area (Å²) in [6, 6.07) is 5.04. The summed E-state index contributed by atoms with van der Waals surface area (Å²) < 4.78 is 7.64. The van der Waals surface area contributed by atoms with E-state index >= 15 is 0 Å². The van der Waals surface area contributed by atoms with Gasteiger partial charge in [0.2, 0.25) is 0 Å². The summed E-state index contributed by atoms with van der Waals surface area (Å²) in [5.41, 5.74) is 1.06. The van der Waals surface area contributed by atoms with Crippen LogP contribution in [-0.2, 0) is 6.42 Å². The van der Waals surface area contributed by atoms with Crippen LogP contribution in [0.15, 0.2) is 24.4 Å². The van der Waals surface area contributed by atoms with Crippen LogP contribution in [0.3, 0.4) is 0 Å². The second kappa shape index (κ2) is 4.91. The van der Waals surface area contributed by atoms with E-state index in [4.69, 9.17) is 23.2 Å². The Hall–Kier alpha value is -0.970. The van der Waals surface area contributed by atoms with Gasteiger partial charge in [-0.3, -0.25) is 4.79 Å². The van der Waals surface area contributed by atoms with Crippen molar-refractivity contribution < 1.29 is 4.79 Å². The predicted molar refractivity (Wildman–Crippen MR) is 64.4 cm³/mol. The number of hydrogen-bond acceptors (Lipinski definition) is 4. The van der Waals surface area contributed by atoms with Crippen LogP contribution in [-0.4, -0.2) is 14.5 Å². The van der Waals surface area contributed by atoms with Crippen LogP contribution in [0.4, 0.5) is 0 Å². The third-order valence-electron chi connectivity index (χ3n) is 2.01. The first kappa shape index (κ1) is 11.5. The fraction of sp³-hybridized carbons (Fsp3) is 0.100. The minimum absolute atomic E-state index is 0.113. The molecule has 0 aliphatic heterocycles. The van der Waals surface area contributed by atoms with Gasteiger partial charge in [0.05, 0.1) is 17.9 Å². The number of halogens is 2. The Morgan fingerprint density at radius 1 is 1.38 bits per heavy atom. The van der Waals surface area contributed by atoms with Crippen molar-refractivity contribution in [2.24, 2.45) is 0 Å². The zero-order valence-electron chi connectivity index (χ0n) is 7.98. The molecule has 1 aromatic carbocycles. The maximum atomic E-state index is 11.7. The molecule has 1 aromatic heterocycles. The second-order valence-corrected chi connectivity index (χ2v) is 4.53. The number of hydrogen-bond donors (Lipinski definition) is 0. The van der Waals surface area contributed by atoms with Crippen LogP contribution in [0.1, 0.15) is 16.1 Å². The van der Waals surface area contributed by atoms with E-state index in [2.05, 4.69) is 8.75 Å². The summed E-state index contributed by atoms with van der Waals surface area (Å²) in [5.74, 6) is -0.113. The van der Waals surface area contributed by atoms with Gasteiger partial charge in [-0.1, -0.05) is 23.2 Å². The lowest BCUT2D eigenvalue weighted by molar-refractivity contribution is 0.0989. The average Bonchev–Trinajstić information content (AvgIpc) is 2.76. The molecule has 0 aliphatic rings. The number of ketones is 1. The number of benzene rings is 1. The quantitative estimate of drug-likeness (QED) is 0.806. The van der Waals surface area contributed by atoms with E-state index < -0.39 is 0 Å². The largest absolute Gasteiger partial charge is 0.292 e. The lowest BCUT2D eigenvalue weighted by atomic mass is 10.1. The highest BCUT2D eigenvalue weighted by Gasteiger charge is 2.12. The standard InChI is InChI=1S/C10H6Cl2N2OS/c11-7-1-2-8(12)6(3-7)4-10(15)9-5-13-16-14-9/h1-3,5H,4H2. The Bertz CT molecular complexity index is 514. The molecule has 0 fully saturated rings. The molecular weight excluding hydrogens is 267 g/mol. The molecule has 0 atom stereocenters. The highest BCUT2D eigenvalue weighted by molar-refractivity contribution is 6.99. The highest BCUT2D eigenvalue weighted by atomic mass is 35.5. The maximum absolute atomic E-state index is 11.7. The molecule has 6 heteroatoms. The monoisotopic (exact) mass is 272 g/mol. The van der Waals surface area contributed by atoms with E-state index in [0.717, 1.165) is 11.7 Å². The first-order valence-corrected chi connectivity index (χ1v) is 5.90. The van der Waals surface area contributed by atoms with E-state index in [0.29, 0.717) is 21.3 Å². The summed E-state index contributed by atoms with van der Waals surface area (Å²) in [6.45, 7) is 0. The molecule has 2 aromatic rings. The predicted octanol–water partition coefficient (Wildman–Crippen LogP) is 3.27. The van der Waals surface area contributed by atoms with Gasteiger partial charge in [-0.2, -0.15) is 8.75 Å². The molecule has 82 valence electrons. The Morgan fingerprint density at radius 2 is 2.19 bits per heavy atom. The van der Waals surface area contributed by atoms with E-state index in [1.165, 1.54) is 6.20 Å². The third-order valence-corrected chi connectivity index (χ3v) is 3.09. The molecule has 0 N–H and O–H groups in total. The van der Waals surface area contributed by atoms with Crippen molar-refractivity contribution in [3.63, 3.8) is 0 Å². The molecule has 2 rings (SSSR count). The summed E-state index contributed by atoms with van der Waals surface area (Å²) in [4.78, 5) is 11.7. The van der Waals surface area contributed by atoms with E-state index in [-0.39, 0.29) is 12.2 Å². The second-order valence-electron chi connectivity index (χ2n) is 3.13. The van der Waals surface area contributed by atoms with Crippen molar-refractivity contribution in [3.05, 3.63) is 45.7 Å². The van der Waals surface area contributed by atoms with Crippen LogP contribution in [0, 0.1) is 0 Å². The zero-order valence-corrected chi connectivity index (χ0v) is 10.3. The molecule has 3 nitrogen and oxygen atoms in total. The molecule has 0 aliphatic carbocycles. The van der Waals surface area contributed by atoms with Gasteiger partial charge in [-0.25, -0.2) is 0 Å². The summed E-state index contributed by atoms with van der Waals surface area (Å²) >= 11 is 12.8. The van der Waals surface area contributed by atoms with Gasteiger partial charge >= 0.3 is 0 Å². The SMILES string of the molecule is O=C(Cc1cc(Cl)ccc1Cl)c1cnsn1. The molecule has 0 saturated heterocycles. The smallest absolute Gasteiger partial charge is 0.188 e. The molecule has 0 spiro atoms. The lowest BCUT2D eigenvalue weighted by Gasteiger charge is -2.02. The lowest BCUT2D eigenvalue weighted by Crippen LogP contribution is -2.04. The highest BCUT2D eigenvalue weighted by Crippen LogP contribution is 2.21. The Kier molecular flexibility index (Phi) is 3.53. The first-order valence-electron chi connectivity index (χ1n) is 4.41. The number of rotatable bonds is 3. The van der Waals surface area contributed by atoms with Crippen LogP contribution >= 0.6 is 34.9 Å². The van der Waals surface area contributed by atoms with Gasteiger partial charge in [0, 0.05) is 16.5 Å². The molecule has 0 saturated carbocycles. The fourth-order valence-corrected chi connectivity index (χ4v) is 2.04. The fourth-order valence-electron chi connectivity index (χ4n) is 1.23. The number of Topliss-reactive ketones (excluding diaryl/α,β-unsaturated/α-hetero) is 1. The molecule has 16 heavy (non-hydrogen) atoms. The van der Waals surface area contributed by atoms with Crippen molar-refractivity contribution in [2.45, 2.75) is 6.42 Å². The number of aromatic nitrogens is 2. The Balaban J connectivity index is 2.21. The molecular formula is C10H6Cl2N2OS. The summed E-state index contributed by atoms with van der Waals surface area (Å²) in [5, 5.41) is 1.09. The molecule has 0 amide bonds. The van der Waals surface area contributed by atoms with Crippen LogP contribution in [0.2, 0.25) is 10.0 Å². The van der Waals surface area contributed by atoms with Crippen molar-refractivity contribution in [1.82, 2.24) is 8.75 Å². The van der Waals surface area contributed by atoms with Crippen molar-refractivity contribution in [1.29, 1.82) is 0 Å². The number of nitrogens with zero attached hydrogens (tertiary/aromatic N) is 2. The van der Waals surface area contributed by atoms with Gasteiger partial charge in [0.1, 0.15) is 5.69 Å². The van der Waals surface area contributed by atoms with Crippen LogP contribution < -0.4 is 0 Å². The normalized spacial score (nSPS) is 10.4. The zero-order chi connectivity index (χ0) is 11.5. The average molecular weight is 273 g/mol. The maximum Gasteiger partial charge on any atom is 0.188 e. The molecule has 0 radical (unpaired) electrons. The number of carbonyl (C=O) groups excluding carboxylic acids is 1. The van der Waals surface area contributed by atoms with Gasteiger partial charge in [0.25, 0.3) is 0 Å². The van der Waals surface area contributed by atoms with E-state index in [1.54, 1.807) is 18.2 Å². The van der Waals surface area contributed by atoms with Gasteiger partial charge < -0.3 is 0 Å². The van der Waals surface area contributed by atoms with Crippen molar-refractivity contribution >= 4 is 40.7 Å². The van der Waals surface area contributed by atoms with E-state index in [9.17, 15) is 4.79 Å². The summed E-state index contributed by atoms with van der Waals surface area (Å²) in [6.07, 6.45) is 1.64. The van der Waals surface area contributed by atoms with Crippen molar-refractivity contribution in [3.8, 4) is 0 Å².